The summed E-state index contributed by atoms with van der Waals surface area (Å²) in [5, 5.41) is 2.00. The van der Waals surface area contributed by atoms with Gasteiger partial charge in [0, 0.05) is 36.2 Å². The lowest BCUT2D eigenvalue weighted by Gasteiger charge is -2.27. The Hall–Kier alpha value is -1.41. The van der Waals surface area contributed by atoms with Crippen molar-refractivity contribution in [3.63, 3.8) is 0 Å². The van der Waals surface area contributed by atoms with Crippen molar-refractivity contribution in [2.75, 3.05) is 44.3 Å². The van der Waals surface area contributed by atoms with E-state index in [9.17, 15) is 4.79 Å². The molecule has 4 rings (SSSR count). The van der Waals surface area contributed by atoms with Crippen LogP contribution in [-0.2, 0) is 16.0 Å². The molecule has 0 unspecified atom stereocenters. The third kappa shape index (κ3) is 6.13. The number of amides is 1. The highest BCUT2D eigenvalue weighted by Crippen LogP contribution is 2.33. The van der Waals surface area contributed by atoms with E-state index in [0.717, 1.165) is 60.6 Å². The first kappa shape index (κ1) is 25.2. The van der Waals surface area contributed by atoms with Gasteiger partial charge in [0.1, 0.15) is 0 Å². The quantitative estimate of drug-likeness (QED) is 0.410. The lowest BCUT2D eigenvalue weighted by molar-refractivity contribution is -0.118. The normalized spacial score (nSPS) is 14.3. The molecular weight excluding hydrogens is 489 g/mol. The number of nitrogens with zero attached hydrogens (tertiary/aromatic N) is 3. The number of carbonyl (C=O) groups excluding carboxylic acids is 1. The Morgan fingerprint density at radius 3 is 2.72 bits per heavy atom. The van der Waals surface area contributed by atoms with Gasteiger partial charge < -0.3 is 4.74 Å². The van der Waals surface area contributed by atoms with Crippen LogP contribution in [0.25, 0.3) is 10.2 Å². The molecule has 0 spiro atoms. The van der Waals surface area contributed by atoms with Gasteiger partial charge in [0.05, 0.1) is 29.9 Å². The van der Waals surface area contributed by atoms with Crippen LogP contribution >= 0.6 is 46.9 Å². The van der Waals surface area contributed by atoms with Crippen molar-refractivity contribution in [2.45, 2.75) is 19.8 Å². The number of fused-ring (bicyclic) bond motifs is 1. The maximum Gasteiger partial charge on any atom is 0.233 e. The van der Waals surface area contributed by atoms with Gasteiger partial charge in [-0.05, 0) is 42.7 Å². The van der Waals surface area contributed by atoms with Gasteiger partial charge in [0.2, 0.25) is 5.91 Å². The molecule has 0 atom stereocenters. The third-order valence-corrected chi connectivity index (χ3v) is 7.04. The van der Waals surface area contributed by atoms with E-state index in [4.69, 9.17) is 32.9 Å². The molecule has 1 saturated heterocycles. The SMILES string of the molecule is Cc1cc(Cl)cc2sc(N(CCCN3CCOCC3)C(=O)Cc3ccccc3Cl)nc12.Cl. The van der Waals surface area contributed by atoms with Gasteiger partial charge in [-0.1, -0.05) is 52.7 Å². The monoisotopic (exact) mass is 513 g/mol. The second-order valence-electron chi connectivity index (χ2n) is 7.69. The summed E-state index contributed by atoms with van der Waals surface area (Å²) < 4.78 is 6.42. The van der Waals surface area contributed by atoms with Crippen LogP contribution in [0.2, 0.25) is 10.0 Å². The zero-order valence-electron chi connectivity index (χ0n) is 17.9. The first-order valence-corrected chi connectivity index (χ1v) is 12.0. The molecule has 1 aliphatic heterocycles. The summed E-state index contributed by atoms with van der Waals surface area (Å²) in [4.78, 5) is 22.3. The summed E-state index contributed by atoms with van der Waals surface area (Å²) in [6.45, 7) is 6.94. The molecule has 0 N–H and O–H groups in total. The Balaban J connectivity index is 0.00000289. The van der Waals surface area contributed by atoms with Crippen LogP contribution < -0.4 is 4.90 Å². The van der Waals surface area contributed by atoms with E-state index >= 15 is 0 Å². The molecule has 9 heteroatoms. The fraction of sp³-hybridized carbons (Fsp3) is 0.391. The average Bonchev–Trinajstić information content (AvgIpc) is 3.17. The third-order valence-electron chi connectivity index (χ3n) is 5.43. The van der Waals surface area contributed by atoms with Crippen LogP contribution in [0.1, 0.15) is 17.5 Å². The fourth-order valence-corrected chi connectivity index (χ4v) is 5.43. The number of carbonyl (C=O) groups is 1. The van der Waals surface area contributed by atoms with E-state index in [2.05, 4.69) is 4.90 Å². The Morgan fingerprint density at radius 1 is 1.22 bits per heavy atom. The Bertz CT molecular complexity index is 1070. The van der Waals surface area contributed by atoms with Crippen molar-refractivity contribution in [1.29, 1.82) is 0 Å². The Morgan fingerprint density at radius 2 is 1.97 bits per heavy atom. The first-order chi connectivity index (χ1) is 15.0. The molecule has 1 aromatic heterocycles. The number of ether oxygens (including phenoxy) is 1. The standard InChI is InChI=1S/C23H25Cl2N3O2S.ClH/c1-16-13-18(24)15-20-22(16)26-23(31-20)28(8-4-7-27-9-11-30-12-10-27)21(29)14-17-5-2-3-6-19(17)25;/h2-3,5-6,13,15H,4,7-12,14H2,1H3;1H. The van der Waals surface area contributed by atoms with Gasteiger partial charge in [-0.25, -0.2) is 4.98 Å². The zero-order valence-corrected chi connectivity index (χ0v) is 21.0. The van der Waals surface area contributed by atoms with Crippen molar-refractivity contribution >= 4 is 68.2 Å². The van der Waals surface area contributed by atoms with Crippen molar-refractivity contribution in [1.82, 2.24) is 9.88 Å². The molecule has 0 radical (unpaired) electrons. The van der Waals surface area contributed by atoms with Crippen LogP contribution in [0.15, 0.2) is 36.4 Å². The highest BCUT2D eigenvalue weighted by Gasteiger charge is 2.22. The summed E-state index contributed by atoms with van der Waals surface area (Å²) in [6, 6.07) is 11.3. The topological polar surface area (TPSA) is 45.7 Å². The summed E-state index contributed by atoms with van der Waals surface area (Å²) in [5.41, 5.74) is 2.73. The highest BCUT2D eigenvalue weighted by molar-refractivity contribution is 7.22. The van der Waals surface area contributed by atoms with Gasteiger partial charge in [-0.3, -0.25) is 14.6 Å². The maximum atomic E-state index is 13.4. The summed E-state index contributed by atoms with van der Waals surface area (Å²) >= 11 is 14.1. The average molecular weight is 515 g/mol. The second kappa shape index (κ2) is 11.6. The number of benzene rings is 2. The van der Waals surface area contributed by atoms with Crippen LogP contribution in [-0.4, -0.2) is 55.2 Å². The van der Waals surface area contributed by atoms with E-state index in [-0.39, 0.29) is 24.7 Å². The molecule has 2 aromatic carbocycles. The number of halogens is 3. The molecule has 0 bridgehead atoms. The number of thiazole rings is 1. The molecule has 5 nitrogen and oxygen atoms in total. The van der Waals surface area contributed by atoms with Gasteiger partial charge in [0.25, 0.3) is 0 Å². The number of hydrogen-bond acceptors (Lipinski definition) is 5. The lowest BCUT2D eigenvalue weighted by atomic mass is 10.1. The molecular formula is C23H26Cl3N3O2S. The van der Waals surface area contributed by atoms with Gasteiger partial charge >= 0.3 is 0 Å². The summed E-state index contributed by atoms with van der Waals surface area (Å²) in [5.74, 6) is -0.00196. The van der Waals surface area contributed by atoms with Gasteiger partial charge in [-0.2, -0.15) is 0 Å². The fourth-order valence-electron chi connectivity index (χ4n) is 3.76. The molecule has 2 heterocycles. The summed E-state index contributed by atoms with van der Waals surface area (Å²) in [7, 11) is 0. The molecule has 1 aliphatic rings. The van der Waals surface area contributed by atoms with Crippen LogP contribution in [0.3, 0.4) is 0 Å². The minimum atomic E-state index is -0.00196. The molecule has 0 saturated carbocycles. The Labute approximate surface area is 208 Å². The lowest BCUT2D eigenvalue weighted by Crippen LogP contribution is -2.39. The van der Waals surface area contributed by atoms with E-state index in [1.54, 1.807) is 0 Å². The predicted octanol–water partition coefficient (Wildman–Crippen LogP) is 5.63. The van der Waals surface area contributed by atoms with E-state index < -0.39 is 0 Å². The molecule has 0 aliphatic carbocycles. The molecule has 172 valence electrons. The van der Waals surface area contributed by atoms with Crippen molar-refractivity contribution in [3.05, 3.63) is 57.6 Å². The van der Waals surface area contributed by atoms with Crippen molar-refractivity contribution < 1.29 is 9.53 Å². The Kier molecular flexibility index (Phi) is 9.17. The van der Waals surface area contributed by atoms with Crippen molar-refractivity contribution in [3.8, 4) is 0 Å². The predicted molar refractivity (Wildman–Crippen MR) is 136 cm³/mol. The smallest absolute Gasteiger partial charge is 0.233 e. The largest absolute Gasteiger partial charge is 0.379 e. The molecule has 32 heavy (non-hydrogen) atoms. The van der Waals surface area contributed by atoms with Gasteiger partial charge in [-0.15, -0.1) is 12.4 Å². The maximum absolute atomic E-state index is 13.4. The highest BCUT2D eigenvalue weighted by atomic mass is 35.5. The second-order valence-corrected chi connectivity index (χ2v) is 9.54. The van der Waals surface area contributed by atoms with Crippen LogP contribution in [0.4, 0.5) is 5.13 Å². The zero-order chi connectivity index (χ0) is 21.8. The number of hydrogen-bond donors (Lipinski definition) is 0. The van der Waals surface area contributed by atoms with Crippen molar-refractivity contribution in [2.24, 2.45) is 0 Å². The number of anilines is 1. The first-order valence-electron chi connectivity index (χ1n) is 10.4. The van der Waals surface area contributed by atoms with E-state index in [0.29, 0.717) is 21.7 Å². The number of aromatic nitrogens is 1. The molecule has 1 fully saturated rings. The number of aryl methyl sites for hydroxylation is 1. The van der Waals surface area contributed by atoms with E-state index in [1.165, 1.54) is 11.3 Å². The van der Waals surface area contributed by atoms with E-state index in [1.807, 2.05) is 48.2 Å². The number of rotatable bonds is 7. The van der Waals surface area contributed by atoms with Gasteiger partial charge in [0.15, 0.2) is 5.13 Å². The van der Waals surface area contributed by atoms with Crippen LogP contribution in [0.5, 0.6) is 0 Å². The minimum absolute atomic E-state index is 0. The number of morpholine rings is 1. The summed E-state index contributed by atoms with van der Waals surface area (Å²) in [6.07, 6.45) is 1.11. The molecule has 1 amide bonds. The molecule has 3 aromatic rings. The minimum Gasteiger partial charge on any atom is -0.379 e. The van der Waals surface area contributed by atoms with Crippen LogP contribution in [0, 0.1) is 6.92 Å².